The molecule has 0 N–H and O–H groups in total. The van der Waals surface area contributed by atoms with Crippen LogP contribution >= 0.6 is 0 Å². The summed E-state index contributed by atoms with van der Waals surface area (Å²) in [6.07, 6.45) is 0.650. The molecule has 22 heavy (non-hydrogen) atoms. The lowest BCUT2D eigenvalue weighted by Gasteiger charge is -2.14. The lowest BCUT2D eigenvalue weighted by Crippen LogP contribution is -2.05. The molecule has 0 aliphatic heterocycles. The highest BCUT2D eigenvalue weighted by atomic mass is 16.5. The number of hydrogen-bond donors (Lipinski definition) is 0. The number of rotatable bonds is 6. The van der Waals surface area contributed by atoms with Gasteiger partial charge in [-0.25, -0.2) is 0 Å². The fraction of sp³-hybridized carbons (Fsp3) is 0.316. The van der Waals surface area contributed by atoms with E-state index in [0.717, 1.165) is 22.6 Å². The normalized spacial score (nSPS) is 11.5. The molecule has 0 saturated carbocycles. The molecule has 0 heterocycles. The largest absolute Gasteiger partial charge is 0.497 e. The van der Waals surface area contributed by atoms with Crippen molar-refractivity contribution in [2.75, 3.05) is 13.7 Å². The Morgan fingerprint density at radius 1 is 1.14 bits per heavy atom. The number of nitriles is 1. The van der Waals surface area contributed by atoms with Crippen molar-refractivity contribution in [2.45, 2.75) is 26.2 Å². The summed E-state index contributed by atoms with van der Waals surface area (Å²) in [5, 5.41) is 9.39. The zero-order valence-corrected chi connectivity index (χ0v) is 13.3. The summed E-state index contributed by atoms with van der Waals surface area (Å²) in [7, 11) is 1.63. The van der Waals surface area contributed by atoms with E-state index in [9.17, 15) is 5.26 Å². The highest BCUT2D eigenvalue weighted by Gasteiger charge is 2.12. The predicted octanol–water partition coefficient (Wildman–Crippen LogP) is 4.39. The molecular weight excluding hydrogens is 274 g/mol. The van der Waals surface area contributed by atoms with Crippen LogP contribution in [0.15, 0.2) is 42.5 Å². The van der Waals surface area contributed by atoms with Crippen molar-refractivity contribution in [1.29, 1.82) is 5.26 Å². The molecule has 2 aromatic rings. The van der Waals surface area contributed by atoms with Gasteiger partial charge in [-0.15, -0.1) is 0 Å². The third-order valence-corrected chi connectivity index (χ3v) is 3.87. The number of methoxy groups -OCH3 is 1. The van der Waals surface area contributed by atoms with Gasteiger partial charge < -0.3 is 9.47 Å². The van der Waals surface area contributed by atoms with E-state index in [1.807, 2.05) is 36.4 Å². The van der Waals surface area contributed by atoms with E-state index in [0.29, 0.717) is 13.0 Å². The van der Waals surface area contributed by atoms with Gasteiger partial charge >= 0.3 is 0 Å². The highest BCUT2D eigenvalue weighted by molar-refractivity contribution is 5.38. The first-order chi connectivity index (χ1) is 10.7. The monoisotopic (exact) mass is 295 g/mol. The second-order valence-electron chi connectivity index (χ2n) is 5.29. The van der Waals surface area contributed by atoms with Crippen molar-refractivity contribution in [3.8, 4) is 17.6 Å². The van der Waals surface area contributed by atoms with Crippen molar-refractivity contribution in [3.63, 3.8) is 0 Å². The first-order valence-corrected chi connectivity index (χ1v) is 7.38. The Morgan fingerprint density at radius 2 is 1.91 bits per heavy atom. The predicted molar refractivity (Wildman–Crippen MR) is 87.4 cm³/mol. The maximum Gasteiger partial charge on any atom is 0.122 e. The van der Waals surface area contributed by atoms with E-state index in [1.54, 1.807) is 7.11 Å². The highest BCUT2D eigenvalue weighted by Crippen LogP contribution is 2.25. The Kier molecular flexibility index (Phi) is 5.43. The first kappa shape index (κ1) is 15.9. The maximum atomic E-state index is 9.39. The molecule has 3 heteroatoms. The topological polar surface area (TPSA) is 42.2 Å². The molecule has 3 nitrogen and oxygen atoms in total. The fourth-order valence-corrected chi connectivity index (χ4v) is 2.33. The van der Waals surface area contributed by atoms with Crippen LogP contribution in [-0.2, 0) is 0 Å². The molecule has 0 aliphatic carbocycles. The van der Waals surface area contributed by atoms with E-state index < -0.39 is 0 Å². The zero-order valence-electron chi connectivity index (χ0n) is 13.3. The second kappa shape index (κ2) is 7.51. The molecule has 2 aromatic carbocycles. The second-order valence-corrected chi connectivity index (χ2v) is 5.29. The number of ether oxygens (including phenoxy) is 2. The Bertz CT molecular complexity index is 673. The van der Waals surface area contributed by atoms with Gasteiger partial charge in [0, 0.05) is 6.42 Å². The van der Waals surface area contributed by atoms with Crippen molar-refractivity contribution in [2.24, 2.45) is 0 Å². The molecule has 0 radical (unpaired) electrons. The Labute approximate surface area is 132 Å². The molecule has 0 aromatic heterocycles. The van der Waals surface area contributed by atoms with Crippen LogP contribution in [0, 0.1) is 25.2 Å². The summed E-state index contributed by atoms with van der Waals surface area (Å²) in [5.74, 6) is 1.47. The fourth-order valence-electron chi connectivity index (χ4n) is 2.33. The SMILES string of the molecule is COc1cccc(C(C#N)CCOc2cccc(C)c2C)c1. The van der Waals surface area contributed by atoms with Gasteiger partial charge in [0.1, 0.15) is 11.5 Å². The van der Waals surface area contributed by atoms with E-state index >= 15 is 0 Å². The maximum absolute atomic E-state index is 9.39. The molecule has 114 valence electrons. The van der Waals surface area contributed by atoms with Gasteiger partial charge in [-0.3, -0.25) is 0 Å². The van der Waals surface area contributed by atoms with Crippen LogP contribution in [0.25, 0.3) is 0 Å². The molecule has 0 amide bonds. The summed E-state index contributed by atoms with van der Waals surface area (Å²) in [4.78, 5) is 0. The number of hydrogen-bond acceptors (Lipinski definition) is 3. The Hall–Kier alpha value is -2.47. The summed E-state index contributed by atoms with van der Waals surface area (Å²) in [5.41, 5.74) is 3.32. The van der Waals surface area contributed by atoms with Gasteiger partial charge in [0.15, 0.2) is 0 Å². The number of benzene rings is 2. The molecule has 0 bridgehead atoms. The Balaban J connectivity index is 1.99. The summed E-state index contributed by atoms with van der Waals surface area (Å²) >= 11 is 0. The third kappa shape index (κ3) is 3.79. The van der Waals surface area contributed by atoms with Gasteiger partial charge in [-0.1, -0.05) is 24.3 Å². The van der Waals surface area contributed by atoms with E-state index in [2.05, 4.69) is 26.0 Å². The van der Waals surface area contributed by atoms with Crippen LogP contribution in [0.5, 0.6) is 11.5 Å². The molecule has 1 unspecified atom stereocenters. The van der Waals surface area contributed by atoms with Gasteiger partial charge in [-0.2, -0.15) is 5.26 Å². The molecular formula is C19H21NO2. The molecule has 0 saturated heterocycles. The van der Waals surface area contributed by atoms with Crippen molar-refractivity contribution < 1.29 is 9.47 Å². The first-order valence-electron chi connectivity index (χ1n) is 7.38. The minimum atomic E-state index is -0.194. The zero-order chi connectivity index (χ0) is 15.9. The number of aryl methyl sites for hydroxylation is 1. The average molecular weight is 295 g/mol. The summed E-state index contributed by atoms with van der Waals surface area (Å²) < 4.78 is 11.1. The smallest absolute Gasteiger partial charge is 0.122 e. The number of nitrogens with zero attached hydrogens (tertiary/aromatic N) is 1. The average Bonchev–Trinajstić information content (AvgIpc) is 2.55. The standard InChI is InChI=1S/C19H21NO2/c1-14-6-4-9-19(15(14)2)22-11-10-17(13-20)16-7-5-8-18(12-16)21-3/h4-9,12,17H,10-11H2,1-3H3. The minimum Gasteiger partial charge on any atom is -0.497 e. The molecule has 0 aliphatic rings. The minimum absolute atomic E-state index is 0.194. The van der Waals surface area contributed by atoms with Crippen LogP contribution in [-0.4, -0.2) is 13.7 Å². The van der Waals surface area contributed by atoms with Crippen LogP contribution in [0.3, 0.4) is 0 Å². The van der Waals surface area contributed by atoms with Crippen molar-refractivity contribution >= 4 is 0 Å². The summed E-state index contributed by atoms with van der Waals surface area (Å²) in [6, 6.07) is 16.0. The molecule has 0 spiro atoms. The molecule has 1 atom stereocenters. The lowest BCUT2D eigenvalue weighted by atomic mass is 9.97. The van der Waals surface area contributed by atoms with Gasteiger partial charge in [0.05, 0.1) is 25.7 Å². The van der Waals surface area contributed by atoms with Gasteiger partial charge in [0.25, 0.3) is 0 Å². The molecule has 2 rings (SSSR count). The lowest BCUT2D eigenvalue weighted by molar-refractivity contribution is 0.303. The van der Waals surface area contributed by atoms with Crippen molar-refractivity contribution in [3.05, 3.63) is 59.2 Å². The van der Waals surface area contributed by atoms with Gasteiger partial charge in [-0.05, 0) is 48.7 Å². The van der Waals surface area contributed by atoms with E-state index in [-0.39, 0.29) is 5.92 Å². The molecule has 0 fully saturated rings. The summed E-state index contributed by atoms with van der Waals surface area (Å²) in [6.45, 7) is 4.63. The Morgan fingerprint density at radius 3 is 2.64 bits per heavy atom. The van der Waals surface area contributed by atoms with Crippen LogP contribution < -0.4 is 9.47 Å². The van der Waals surface area contributed by atoms with Crippen LogP contribution in [0.4, 0.5) is 0 Å². The van der Waals surface area contributed by atoms with Crippen LogP contribution in [0.1, 0.15) is 29.0 Å². The van der Waals surface area contributed by atoms with E-state index in [1.165, 1.54) is 5.56 Å². The van der Waals surface area contributed by atoms with Crippen molar-refractivity contribution in [1.82, 2.24) is 0 Å². The third-order valence-electron chi connectivity index (χ3n) is 3.87. The quantitative estimate of drug-likeness (QED) is 0.793. The van der Waals surface area contributed by atoms with E-state index in [4.69, 9.17) is 9.47 Å². The van der Waals surface area contributed by atoms with Gasteiger partial charge in [0.2, 0.25) is 0 Å². The van der Waals surface area contributed by atoms with Crippen LogP contribution in [0.2, 0.25) is 0 Å².